The summed E-state index contributed by atoms with van der Waals surface area (Å²) in [7, 11) is 0. The Morgan fingerprint density at radius 1 is 1.03 bits per heavy atom. The highest BCUT2D eigenvalue weighted by molar-refractivity contribution is 5.94. The Morgan fingerprint density at radius 2 is 1.84 bits per heavy atom. The first-order valence-corrected chi connectivity index (χ1v) is 11.1. The minimum absolute atomic E-state index is 0.692. The molecule has 0 spiro atoms. The molecule has 0 saturated carbocycles. The molecule has 3 aromatic heterocycles. The number of hydrogen-bond donors (Lipinski definition) is 2. The number of fused-ring (bicyclic) bond motifs is 1. The van der Waals surface area contributed by atoms with Gasteiger partial charge in [-0.15, -0.1) is 0 Å². The number of piperidine rings is 1. The molecular formula is C25H27N7. The van der Waals surface area contributed by atoms with Crippen molar-refractivity contribution in [1.82, 2.24) is 30.0 Å². The van der Waals surface area contributed by atoms with Crippen molar-refractivity contribution in [2.45, 2.75) is 32.7 Å². The maximum atomic E-state index is 4.52. The Labute approximate surface area is 187 Å². The second kappa shape index (κ2) is 8.88. The summed E-state index contributed by atoms with van der Waals surface area (Å²) in [5, 5.41) is 11.9. The molecule has 1 aliphatic heterocycles. The molecule has 32 heavy (non-hydrogen) atoms. The third kappa shape index (κ3) is 4.38. The van der Waals surface area contributed by atoms with Crippen molar-refractivity contribution >= 4 is 22.3 Å². The normalized spacial score (nSPS) is 14.5. The van der Waals surface area contributed by atoms with Crippen LogP contribution in [0.1, 0.15) is 36.3 Å². The molecule has 1 saturated heterocycles. The van der Waals surface area contributed by atoms with Crippen LogP contribution < -0.4 is 5.32 Å². The van der Waals surface area contributed by atoms with Crippen LogP contribution in [0.5, 0.6) is 0 Å². The van der Waals surface area contributed by atoms with E-state index in [0.29, 0.717) is 5.70 Å². The Hall–Kier alpha value is -3.58. The van der Waals surface area contributed by atoms with E-state index in [4.69, 9.17) is 0 Å². The Bertz CT molecular complexity index is 1240. The summed E-state index contributed by atoms with van der Waals surface area (Å²) < 4.78 is 0. The molecule has 0 bridgehead atoms. The van der Waals surface area contributed by atoms with E-state index in [1.165, 1.54) is 37.9 Å². The molecule has 0 atom stereocenters. The van der Waals surface area contributed by atoms with Crippen molar-refractivity contribution in [3.8, 4) is 11.1 Å². The van der Waals surface area contributed by atoms with E-state index in [-0.39, 0.29) is 0 Å². The van der Waals surface area contributed by atoms with Crippen LogP contribution in [0.2, 0.25) is 0 Å². The summed E-state index contributed by atoms with van der Waals surface area (Å²) in [4.78, 5) is 15.5. The fourth-order valence-electron chi connectivity index (χ4n) is 4.22. The van der Waals surface area contributed by atoms with Gasteiger partial charge in [0.15, 0.2) is 0 Å². The molecule has 7 nitrogen and oxygen atoms in total. The number of anilines is 1. The maximum absolute atomic E-state index is 4.52. The van der Waals surface area contributed by atoms with Gasteiger partial charge in [0, 0.05) is 29.9 Å². The zero-order valence-corrected chi connectivity index (χ0v) is 18.3. The number of aryl methyl sites for hydroxylation is 1. The first kappa shape index (κ1) is 20.3. The number of aromatic amines is 1. The minimum Gasteiger partial charge on any atom is -0.352 e. The quantitative estimate of drug-likeness (QED) is 0.462. The molecule has 7 heteroatoms. The minimum atomic E-state index is 0.692. The lowest BCUT2D eigenvalue weighted by atomic mass is 10.0. The van der Waals surface area contributed by atoms with E-state index < -0.39 is 0 Å². The van der Waals surface area contributed by atoms with Crippen molar-refractivity contribution in [2.75, 3.05) is 18.4 Å². The van der Waals surface area contributed by atoms with Gasteiger partial charge in [0.1, 0.15) is 11.5 Å². The molecule has 162 valence electrons. The van der Waals surface area contributed by atoms with Gasteiger partial charge in [0.2, 0.25) is 0 Å². The Kier molecular flexibility index (Phi) is 5.64. The van der Waals surface area contributed by atoms with Crippen molar-refractivity contribution < 1.29 is 0 Å². The lowest BCUT2D eigenvalue weighted by molar-refractivity contribution is 0.220. The first-order valence-electron chi connectivity index (χ1n) is 11.1. The summed E-state index contributed by atoms with van der Waals surface area (Å²) in [6, 6.07) is 8.56. The monoisotopic (exact) mass is 425 g/mol. The van der Waals surface area contributed by atoms with E-state index in [0.717, 1.165) is 45.8 Å². The number of rotatable bonds is 6. The predicted molar refractivity (Wildman–Crippen MR) is 128 cm³/mol. The van der Waals surface area contributed by atoms with Crippen LogP contribution in [0.25, 0.3) is 27.7 Å². The zero-order chi connectivity index (χ0) is 21.9. The number of pyridine rings is 1. The van der Waals surface area contributed by atoms with E-state index in [2.05, 4.69) is 66.2 Å². The fourth-order valence-corrected chi connectivity index (χ4v) is 4.22. The molecule has 1 fully saturated rings. The summed E-state index contributed by atoms with van der Waals surface area (Å²) in [6.45, 7) is 9.35. The predicted octanol–water partition coefficient (Wildman–Crippen LogP) is 4.79. The topological polar surface area (TPSA) is 82.6 Å². The van der Waals surface area contributed by atoms with Gasteiger partial charge in [0.25, 0.3) is 0 Å². The van der Waals surface area contributed by atoms with Crippen molar-refractivity contribution in [3.63, 3.8) is 0 Å². The van der Waals surface area contributed by atoms with Gasteiger partial charge in [-0.3, -0.25) is 15.0 Å². The van der Waals surface area contributed by atoms with Crippen LogP contribution in [-0.4, -0.2) is 43.1 Å². The molecule has 0 radical (unpaired) electrons. The lowest BCUT2D eigenvalue weighted by Crippen LogP contribution is -2.29. The molecular weight excluding hydrogens is 398 g/mol. The second-order valence-electron chi connectivity index (χ2n) is 8.37. The molecule has 5 rings (SSSR count). The average molecular weight is 426 g/mol. The van der Waals surface area contributed by atoms with Gasteiger partial charge in [-0.25, -0.2) is 9.97 Å². The van der Waals surface area contributed by atoms with Gasteiger partial charge < -0.3 is 5.32 Å². The molecule has 0 amide bonds. The van der Waals surface area contributed by atoms with Gasteiger partial charge in [-0.05, 0) is 62.2 Å². The number of H-pyrrole nitrogens is 1. The number of nitrogens with one attached hydrogen (secondary N) is 2. The molecule has 0 unspecified atom stereocenters. The molecule has 1 aromatic carbocycles. The van der Waals surface area contributed by atoms with Gasteiger partial charge in [0.05, 0.1) is 29.3 Å². The number of nitrogens with zero attached hydrogens (tertiary/aromatic N) is 5. The van der Waals surface area contributed by atoms with Crippen LogP contribution in [-0.2, 0) is 6.54 Å². The number of benzene rings is 1. The number of aromatic nitrogens is 5. The smallest absolute Gasteiger partial charge is 0.125 e. The van der Waals surface area contributed by atoms with Crippen molar-refractivity contribution in [2.24, 2.45) is 0 Å². The fraction of sp³-hybridized carbons (Fsp3) is 0.280. The van der Waals surface area contributed by atoms with E-state index in [1.54, 1.807) is 12.4 Å². The van der Waals surface area contributed by atoms with Crippen LogP contribution in [0, 0.1) is 6.92 Å². The highest BCUT2D eigenvalue weighted by Crippen LogP contribution is 2.29. The molecule has 4 heterocycles. The second-order valence-corrected chi connectivity index (χ2v) is 8.37. The molecule has 0 aliphatic carbocycles. The van der Waals surface area contributed by atoms with E-state index in [9.17, 15) is 0 Å². The lowest BCUT2D eigenvalue weighted by Gasteiger charge is -2.26. The van der Waals surface area contributed by atoms with Crippen LogP contribution in [0.15, 0.2) is 55.6 Å². The van der Waals surface area contributed by atoms with E-state index in [1.807, 2.05) is 19.3 Å². The third-order valence-electron chi connectivity index (χ3n) is 5.91. The van der Waals surface area contributed by atoms with Gasteiger partial charge >= 0.3 is 0 Å². The van der Waals surface area contributed by atoms with Crippen LogP contribution in [0.4, 0.5) is 5.69 Å². The van der Waals surface area contributed by atoms with Crippen LogP contribution in [0.3, 0.4) is 0 Å². The highest BCUT2D eigenvalue weighted by Gasteiger charge is 2.13. The molecule has 1 aliphatic rings. The Morgan fingerprint density at radius 3 is 2.66 bits per heavy atom. The standard InChI is InChI=1S/C25H27N7/c1-17(29-22-14-27-18(2)28-15-22)25-23-11-20(6-7-24(23)30-31-25)21-10-19(12-26-13-21)16-32-8-4-3-5-9-32/h6-7,10-15,29H,1,3-5,8-9,16H2,2H3,(H,30,31). The highest BCUT2D eigenvalue weighted by atomic mass is 15.1. The zero-order valence-electron chi connectivity index (χ0n) is 18.3. The SMILES string of the molecule is C=C(Nc1cnc(C)nc1)c1n[nH]c2ccc(-c3cncc(CN4CCCCC4)c3)cc12. The van der Waals surface area contributed by atoms with Gasteiger partial charge in [-0.1, -0.05) is 19.1 Å². The van der Waals surface area contributed by atoms with Crippen LogP contribution >= 0.6 is 0 Å². The largest absolute Gasteiger partial charge is 0.352 e. The number of hydrogen-bond acceptors (Lipinski definition) is 6. The van der Waals surface area contributed by atoms with E-state index >= 15 is 0 Å². The summed E-state index contributed by atoms with van der Waals surface area (Å²) in [5.41, 5.74) is 6.69. The first-order chi connectivity index (χ1) is 15.7. The van der Waals surface area contributed by atoms with Crippen molar-refractivity contribution in [1.29, 1.82) is 0 Å². The number of likely N-dealkylation sites (tertiary alicyclic amines) is 1. The summed E-state index contributed by atoms with van der Waals surface area (Å²) >= 11 is 0. The summed E-state index contributed by atoms with van der Waals surface area (Å²) in [6.07, 6.45) is 11.3. The maximum Gasteiger partial charge on any atom is 0.125 e. The van der Waals surface area contributed by atoms with Crippen molar-refractivity contribution in [3.05, 3.63) is 72.7 Å². The Balaban J connectivity index is 1.40. The molecule has 2 N–H and O–H groups in total. The third-order valence-corrected chi connectivity index (χ3v) is 5.91. The summed E-state index contributed by atoms with van der Waals surface area (Å²) in [5.74, 6) is 0.729. The molecule has 4 aromatic rings. The average Bonchev–Trinajstić information content (AvgIpc) is 3.25. The van der Waals surface area contributed by atoms with Gasteiger partial charge in [-0.2, -0.15) is 5.10 Å².